The van der Waals surface area contributed by atoms with Gasteiger partial charge in [0.05, 0.1) is 0 Å². The van der Waals surface area contributed by atoms with E-state index in [9.17, 15) is 18.0 Å². The summed E-state index contributed by atoms with van der Waals surface area (Å²) in [7, 11) is 1.51. The Labute approximate surface area is 111 Å². The van der Waals surface area contributed by atoms with Crippen molar-refractivity contribution in [1.29, 1.82) is 0 Å². The van der Waals surface area contributed by atoms with Gasteiger partial charge in [-0.25, -0.2) is 0 Å². The maximum atomic E-state index is 13.3. The van der Waals surface area contributed by atoms with E-state index in [-0.39, 0.29) is 19.5 Å². The first-order chi connectivity index (χ1) is 8.87. The van der Waals surface area contributed by atoms with Crippen molar-refractivity contribution in [2.24, 2.45) is 11.3 Å². The molecule has 1 atom stereocenters. The van der Waals surface area contributed by atoms with Crippen molar-refractivity contribution in [3.05, 3.63) is 0 Å². The molecule has 3 nitrogen and oxygen atoms in total. The Morgan fingerprint density at radius 1 is 1.37 bits per heavy atom. The van der Waals surface area contributed by atoms with Crippen LogP contribution in [0.15, 0.2) is 0 Å². The van der Waals surface area contributed by atoms with Gasteiger partial charge in [-0.05, 0) is 31.7 Å². The monoisotopic (exact) mass is 278 g/mol. The van der Waals surface area contributed by atoms with E-state index in [0.717, 1.165) is 25.7 Å². The van der Waals surface area contributed by atoms with Crippen LogP contribution in [0.3, 0.4) is 0 Å². The number of rotatable bonds is 3. The molecule has 0 radical (unpaired) electrons. The molecule has 110 valence electrons. The van der Waals surface area contributed by atoms with Gasteiger partial charge in [0.15, 0.2) is 5.41 Å². The summed E-state index contributed by atoms with van der Waals surface area (Å²) in [5.74, 6) is -0.398. The molecule has 0 aromatic rings. The van der Waals surface area contributed by atoms with Crippen LogP contribution >= 0.6 is 0 Å². The van der Waals surface area contributed by atoms with Crippen molar-refractivity contribution in [2.45, 2.75) is 38.3 Å². The van der Waals surface area contributed by atoms with Gasteiger partial charge in [-0.3, -0.25) is 4.79 Å². The molecule has 1 heterocycles. The van der Waals surface area contributed by atoms with Gasteiger partial charge >= 0.3 is 6.18 Å². The second-order valence-electron chi connectivity index (χ2n) is 5.84. The van der Waals surface area contributed by atoms with Gasteiger partial charge in [-0.2, -0.15) is 13.2 Å². The lowest BCUT2D eigenvalue weighted by Crippen LogP contribution is -2.53. The second kappa shape index (κ2) is 5.31. The highest BCUT2D eigenvalue weighted by atomic mass is 19.4. The van der Waals surface area contributed by atoms with Crippen LogP contribution in [0, 0.1) is 11.3 Å². The summed E-state index contributed by atoms with van der Waals surface area (Å²) < 4.78 is 39.8. The van der Waals surface area contributed by atoms with E-state index in [0.29, 0.717) is 12.5 Å². The Balaban J connectivity index is 2.06. The van der Waals surface area contributed by atoms with Gasteiger partial charge in [-0.1, -0.05) is 12.8 Å². The number of hydrogen-bond acceptors (Lipinski definition) is 2. The van der Waals surface area contributed by atoms with Crippen molar-refractivity contribution in [3.63, 3.8) is 0 Å². The minimum atomic E-state index is -4.47. The summed E-state index contributed by atoms with van der Waals surface area (Å²) in [5, 5.41) is 2.68. The zero-order valence-corrected chi connectivity index (χ0v) is 11.2. The number of hydrogen-bond donors (Lipinski definition) is 1. The van der Waals surface area contributed by atoms with Gasteiger partial charge in [-0.15, -0.1) is 0 Å². The summed E-state index contributed by atoms with van der Waals surface area (Å²) in [6.07, 6.45) is -0.330. The lowest BCUT2D eigenvalue weighted by atomic mass is 9.84. The van der Waals surface area contributed by atoms with Crippen molar-refractivity contribution in [2.75, 3.05) is 26.7 Å². The zero-order chi connectivity index (χ0) is 14.1. The summed E-state index contributed by atoms with van der Waals surface area (Å²) in [5.41, 5.74) is -2.21. The molecule has 2 fully saturated rings. The van der Waals surface area contributed by atoms with Crippen LogP contribution in [0.2, 0.25) is 0 Å². The number of carbonyl (C=O) groups is 1. The van der Waals surface area contributed by atoms with Crippen molar-refractivity contribution >= 4 is 5.91 Å². The van der Waals surface area contributed by atoms with E-state index >= 15 is 0 Å². The van der Waals surface area contributed by atoms with Crippen LogP contribution in [-0.4, -0.2) is 43.7 Å². The van der Waals surface area contributed by atoms with Crippen LogP contribution in [0.4, 0.5) is 13.2 Å². The minimum Gasteiger partial charge on any atom is -0.345 e. The fourth-order valence-electron chi connectivity index (χ4n) is 3.27. The molecule has 0 aromatic carbocycles. The van der Waals surface area contributed by atoms with E-state index < -0.39 is 17.5 Å². The Morgan fingerprint density at radius 2 is 2.00 bits per heavy atom. The molecule has 1 saturated heterocycles. The maximum Gasteiger partial charge on any atom is 0.404 e. The summed E-state index contributed by atoms with van der Waals surface area (Å²) in [6.45, 7) is 0.420. The third-order valence-corrected chi connectivity index (χ3v) is 4.46. The largest absolute Gasteiger partial charge is 0.404 e. The fraction of sp³-hybridized carbons (Fsp3) is 0.923. The molecule has 1 saturated carbocycles. The predicted octanol–water partition coefficient (Wildman–Crippen LogP) is 2.18. The molecule has 1 aliphatic carbocycles. The van der Waals surface area contributed by atoms with Crippen LogP contribution in [0.1, 0.15) is 32.1 Å². The van der Waals surface area contributed by atoms with Gasteiger partial charge in [0, 0.05) is 20.1 Å². The average molecular weight is 278 g/mol. The van der Waals surface area contributed by atoms with Crippen LogP contribution in [0.25, 0.3) is 0 Å². The first kappa shape index (κ1) is 14.6. The van der Waals surface area contributed by atoms with Crippen molar-refractivity contribution in [1.82, 2.24) is 10.2 Å². The topological polar surface area (TPSA) is 32.3 Å². The molecule has 0 aromatic heterocycles. The standard InChI is InChI=1S/C13H21F3N2O/c1-18(8-10-4-2-3-5-10)11(19)12(13(14,15)16)6-7-17-9-12/h10,17H,2-9H2,1H3. The molecule has 19 heavy (non-hydrogen) atoms. The molecule has 6 heteroatoms. The Morgan fingerprint density at radius 3 is 2.47 bits per heavy atom. The Hall–Kier alpha value is -0.780. The highest BCUT2D eigenvalue weighted by molar-refractivity contribution is 5.84. The van der Waals surface area contributed by atoms with Crippen LogP contribution in [0.5, 0.6) is 0 Å². The average Bonchev–Trinajstić information content (AvgIpc) is 2.97. The Kier molecular flexibility index (Phi) is 4.08. The maximum absolute atomic E-state index is 13.3. The fourth-order valence-corrected chi connectivity index (χ4v) is 3.27. The highest BCUT2D eigenvalue weighted by Crippen LogP contribution is 2.44. The molecule has 1 unspecified atom stereocenters. The third-order valence-electron chi connectivity index (χ3n) is 4.46. The Bertz CT molecular complexity index is 331. The smallest absolute Gasteiger partial charge is 0.345 e. The van der Waals surface area contributed by atoms with Crippen molar-refractivity contribution in [3.8, 4) is 0 Å². The highest BCUT2D eigenvalue weighted by Gasteiger charge is 2.62. The quantitative estimate of drug-likeness (QED) is 0.858. The number of carbonyl (C=O) groups excluding carboxylic acids is 1. The number of nitrogens with zero attached hydrogens (tertiary/aromatic N) is 1. The van der Waals surface area contributed by atoms with E-state index in [2.05, 4.69) is 5.32 Å². The van der Waals surface area contributed by atoms with Crippen LogP contribution < -0.4 is 5.32 Å². The molecule has 1 amide bonds. The first-order valence-electron chi connectivity index (χ1n) is 6.90. The number of nitrogens with one attached hydrogen (secondary N) is 1. The number of amides is 1. The van der Waals surface area contributed by atoms with E-state index in [1.54, 1.807) is 0 Å². The molecule has 0 spiro atoms. The summed E-state index contributed by atoms with van der Waals surface area (Å²) >= 11 is 0. The third kappa shape index (κ3) is 2.73. The first-order valence-corrected chi connectivity index (χ1v) is 6.90. The SMILES string of the molecule is CN(CC1CCCC1)C(=O)C1(C(F)(F)F)CCNC1. The van der Waals surface area contributed by atoms with Gasteiger partial charge in [0.25, 0.3) is 0 Å². The summed E-state index contributed by atoms with van der Waals surface area (Å²) in [6, 6.07) is 0. The normalized spacial score (nSPS) is 28.8. The molecule has 2 aliphatic rings. The zero-order valence-electron chi connectivity index (χ0n) is 11.2. The number of halogens is 3. The minimum absolute atomic E-state index is 0.148. The molecular formula is C13H21F3N2O. The lowest BCUT2D eigenvalue weighted by Gasteiger charge is -2.34. The van der Waals surface area contributed by atoms with E-state index in [1.807, 2.05) is 0 Å². The molecule has 2 rings (SSSR count). The van der Waals surface area contributed by atoms with E-state index in [1.165, 1.54) is 11.9 Å². The molecule has 1 N–H and O–H groups in total. The van der Waals surface area contributed by atoms with Crippen LogP contribution in [-0.2, 0) is 4.79 Å². The molecular weight excluding hydrogens is 257 g/mol. The van der Waals surface area contributed by atoms with Gasteiger partial charge in [0.2, 0.25) is 5.91 Å². The molecule has 0 bridgehead atoms. The number of alkyl halides is 3. The van der Waals surface area contributed by atoms with E-state index in [4.69, 9.17) is 0 Å². The van der Waals surface area contributed by atoms with Crippen molar-refractivity contribution < 1.29 is 18.0 Å². The predicted molar refractivity (Wildman–Crippen MR) is 65.6 cm³/mol. The van der Waals surface area contributed by atoms with Gasteiger partial charge in [0.1, 0.15) is 0 Å². The lowest BCUT2D eigenvalue weighted by molar-refractivity contribution is -0.221. The molecule has 1 aliphatic heterocycles. The summed E-state index contributed by atoms with van der Waals surface area (Å²) in [4.78, 5) is 13.6. The second-order valence-corrected chi connectivity index (χ2v) is 5.84. The van der Waals surface area contributed by atoms with Gasteiger partial charge < -0.3 is 10.2 Å².